The molecule has 0 aliphatic rings. The Labute approximate surface area is 85.6 Å². The van der Waals surface area contributed by atoms with E-state index in [-0.39, 0.29) is 12.0 Å². The van der Waals surface area contributed by atoms with Crippen LogP contribution < -0.4 is 5.32 Å². The highest BCUT2D eigenvalue weighted by atomic mass is 16.5. The van der Waals surface area contributed by atoms with E-state index in [1.807, 2.05) is 13.8 Å². The molecule has 0 aliphatic heterocycles. The maximum atomic E-state index is 11.0. The topological polar surface area (TPSA) is 58.6 Å². The smallest absolute Gasteiger partial charge is 0.322 e. The highest BCUT2D eigenvalue weighted by Gasteiger charge is 2.24. The van der Waals surface area contributed by atoms with Gasteiger partial charge >= 0.3 is 5.97 Å². The quantitative estimate of drug-likeness (QED) is 0.624. The van der Waals surface area contributed by atoms with Gasteiger partial charge in [0, 0.05) is 6.54 Å². The fourth-order valence-corrected chi connectivity index (χ4v) is 1.10. The molecule has 1 unspecified atom stereocenters. The van der Waals surface area contributed by atoms with Crippen molar-refractivity contribution < 1.29 is 14.6 Å². The van der Waals surface area contributed by atoms with Crippen LogP contribution in [0.4, 0.5) is 0 Å². The summed E-state index contributed by atoms with van der Waals surface area (Å²) in [4.78, 5) is 11.0. The molecule has 0 heterocycles. The second kappa shape index (κ2) is 5.98. The van der Waals surface area contributed by atoms with Crippen molar-refractivity contribution in [1.82, 2.24) is 5.32 Å². The van der Waals surface area contributed by atoms with Crippen LogP contribution in [-0.2, 0) is 9.53 Å². The molecule has 0 radical (unpaired) electrons. The van der Waals surface area contributed by atoms with Crippen molar-refractivity contribution >= 4 is 5.97 Å². The summed E-state index contributed by atoms with van der Waals surface area (Å²) < 4.78 is 4.56. The predicted molar refractivity (Wildman–Crippen MR) is 55.0 cm³/mol. The Kier molecular flexibility index (Phi) is 5.72. The minimum atomic E-state index is -0.720. The molecule has 4 nitrogen and oxygen atoms in total. The molecule has 1 atom stereocenters. The van der Waals surface area contributed by atoms with Gasteiger partial charge in [-0.1, -0.05) is 13.8 Å². The summed E-state index contributed by atoms with van der Waals surface area (Å²) in [5.41, 5.74) is -0.720. The first kappa shape index (κ1) is 13.4. The first-order chi connectivity index (χ1) is 6.49. The zero-order chi connectivity index (χ0) is 11.2. The van der Waals surface area contributed by atoms with Crippen LogP contribution >= 0.6 is 0 Å². The fraction of sp³-hybridized carbons (Fsp3) is 0.900. The standard InChI is InChI=1S/C10H21NO3/c1-5-10(13,6-2)7-11-8(3)9(12)14-4/h8,11,13H,5-7H2,1-4H3. The Morgan fingerprint density at radius 2 is 2.00 bits per heavy atom. The van der Waals surface area contributed by atoms with Crippen LogP contribution in [0.1, 0.15) is 33.6 Å². The normalized spacial score (nSPS) is 13.8. The number of aliphatic hydroxyl groups is 1. The minimum Gasteiger partial charge on any atom is -0.468 e. The van der Waals surface area contributed by atoms with Gasteiger partial charge in [0.25, 0.3) is 0 Å². The maximum absolute atomic E-state index is 11.0. The summed E-state index contributed by atoms with van der Waals surface area (Å²) in [5.74, 6) is -0.306. The molecular formula is C10H21NO3. The monoisotopic (exact) mass is 203 g/mol. The summed E-state index contributed by atoms with van der Waals surface area (Å²) in [7, 11) is 1.35. The van der Waals surface area contributed by atoms with E-state index in [2.05, 4.69) is 10.1 Å². The van der Waals surface area contributed by atoms with Gasteiger partial charge in [0.05, 0.1) is 12.7 Å². The second-order valence-electron chi connectivity index (χ2n) is 3.56. The Morgan fingerprint density at radius 1 is 1.50 bits per heavy atom. The number of hydrogen-bond donors (Lipinski definition) is 2. The number of carbonyl (C=O) groups excluding carboxylic acids is 1. The lowest BCUT2D eigenvalue weighted by Crippen LogP contribution is -2.45. The van der Waals surface area contributed by atoms with E-state index in [9.17, 15) is 9.90 Å². The number of nitrogens with one attached hydrogen (secondary N) is 1. The molecule has 0 fully saturated rings. The Balaban J connectivity index is 3.97. The summed E-state index contributed by atoms with van der Waals surface area (Å²) in [6.45, 7) is 5.98. The lowest BCUT2D eigenvalue weighted by molar-refractivity contribution is -0.142. The van der Waals surface area contributed by atoms with Gasteiger partial charge in [0.2, 0.25) is 0 Å². The van der Waals surface area contributed by atoms with Crippen LogP contribution in [0.15, 0.2) is 0 Å². The SMILES string of the molecule is CCC(O)(CC)CNC(C)C(=O)OC. The molecule has 0 saturated heterocycles. The number of carbonyl (C=O) groups is 1. The number of ether oxygens (including phenoxy) is 1. The summed E-state index contributed by atoms with van der Waals surface area (Å²) in [6, 6.07) is -0.371. The molecule has 0 bridgehead atoms. The van der Waals surface area contributed by atoms with E-state index in [1.165, 1.54) is 7.11 Å². The zero-order valence-corrected chi connectivity index (χ0v) is 9.46. The van der Waals surface area contributed by atoms with Crippen molar-refractivity contribution in [3.8, 4) is 0 Å². The second-order valence-corrected chi connectivity index (χ2v) is 3.56. The van der Waals surface area contributed by atoms with Crippen LogP contribution in [0.5, 0.6) is 0 Å². The molecule has 14 heavy (non-hydrogen) atoms. The molecule has 0 rings (SSSR count). The highest BCUT2D eigenvalue weighted by molar-refractivity contribution is 5.75. The van der Waals surface area contributed by atoms with Gasteiger partial charge in [0.15, 0.2) is 0 Å². The van der Waals surface area contributed by atoms with Crippen molar-refractivity contribution in [3.63, 3.8) is 0 Å². The molecule has 0 aromatic rings. The molecule has 4 heteroatoms. The van der Waals surface area contributed by atoms with Gasteiger partial charge in [-0.2, -0.15) is 0 Å². The minimum absolute atomic E-state index is 0.306. The molecule has 0 aromatic heterocycles. The Morgan fingerprint density at radius 3 is 2.36 bits per heavy atom. The third-order valence-corrected chi connectivity index (χ3v) is 2.61. The average Bonchev–Trinajstić information content (AvgIpc) is 2.24. The van der Waals surface area contributed by atoms with Crippen LogP contribution in [0.25, 0.3) is 0 Å². The highest BCUT2D eigenvalue weighted by Crippen LogP contribution is 2.13. The number of rotatable bonds is 6. The first-order valence-corrected chi connectivity index (χ1v) is 5.02. The number of esters is 1. The van der Waals surface area contributed by atoms with Gasteiger partial charge in [-0.3, -0.25) is 4.79 Å². The third kappa shape index (κ3) is 4.07. The molecule has 0 saturated carbocycles. The van der Waals surface area contributed by atoms with Crippen LogP contribution in [0.2, 0.25) is 0 Å². The van der Waals surface area contributed by atoms with Gasteiger partial charge in [0.1, 0.15) is 6.04 Å². The molecule has 0 amide bonds. The van der Waals surface area contributed by atoms with Crippen LogP contribution in [0, 0.1) is 0 Å². The largest absolute Gasteiger partial charge is 0.468 e. The fourth-order valence-electron chi connectivity index (χ4n) is 1.10. The zero-order valence-electron chi connectivity index (χ0n) is 9.46. The van der Waals surface area contributed by atoms with Crippen molar-refractivity contribution in [1.29, 1.82) is 0 Å². The van der Waals surface area contributed by atoms with Crippen LogP contribution in [0.3, 0.4) is 0 Å². The number of methoxy groups -OCH3 is 1. The van der Waals surface area contributed by atoms with E-state index >= 15 is 0 Å². The maximum Gasteiger partial charge on any atom is 0.322 e. The molecule has 84 valence electrons. The summed E-state index contributed by atoms with van der Waals surface area (Å²) >= 11 is 0. The Bertz CT molecular complexity index is 178. The number of hydrogen-bond acceptors (Lipinski definition) is 4. The van der Waals surface area contributed by atoms with E-state index in [0.717, 1.165) is 0 Å². The van der Waals surface area contributed by atoms with E-state index in [1.54, 1.807) is 6.92 Å². The molecule has 2 N–H and O–H groups in total. The predicted octanol–water partition coefficient (Wildman–Crippen LogP) is 0.689. The van der Waals surface area contributed by atoms with Crippen LogP contribution in [-0.4, -0.2) is 36.4 Å². The van der Waals surface area contributed by atoms with E-state index < -0.39 is 5.60 Å². The average molecular weight is 203 g/mol. The van der Waals surface area contributed by atoms with Gasteiger partial charge < -0.3 is 15.2 Å². The first-order valence-electron chi connectivity index (χ1n) is 5.02. The molecule has 0 aliphatic carbocycles. The van der Waals surface area contributed by atoms with Gasteiger partial charge in [-0.15, -0.1) is 0 Å². The molecular weight excluding hydrogens is 182 g/mol. The summed E-state index contributed by atoms with van der Waals surface area (Å²) in [5, 5.41) is 12.9. The van der Waals surface area contributed by atoms with Crippen molar-refractivity contribution in [2.24, 2.45) is 0 Å². The van der Waals surface area contributed by atoms with E-state index in [0.29, 0.717) is 19.4 Å². The Hall–Kier alpha value is -0.610. The molecule has 0 spiro atoms. The lowest BCUT2D eigenvalue weighted by Gasteiger charge is -2.26. The van der Waals surface area contributed by atoms with E-state index in [4.69, 9.17) is 0 Å². The van der Waals surface area contributed by atoms with Crippen molar-refractivity contribution in [2.75, 3.05) is 13.7 Å². The lowest BCUT2D eigenvalue weighted by atomic mass is 9.97. The van der Waals surface area contributed by atoms with Gasteiger partial charge in [-0.25, -0.2) is 0 Å². The van der Waals surface area contributed by atoms with Crippen molar-refractivity contribution in [3.05, 3.63) is 0 Å². The molecule has 0 aromatic carbocycles. The summed E-state index contributed by atoms with van der Waals surface area (Å²) in [6.07, 6.45) is 1.34. The van der Waals surface area contributed by atoms with Crippen molar-refractivity contribution in [2.45, 2.75) is 45.3 Å². The van der Waals surface area contributed by atoms with Gasteiger partial charge in [-0.05, 0) is 19.8 Å². The third-order valence-electron chi connectivity index (χ3n) is 2.61.